The molecule has 0 unspecified atom stereocenters. The number of aryl methyl sites for hydroxylation is 1. The Labute approximate surface area is 193 Å². The first-order chi connectivity index (χ1) is 15.6. The van der Waals surface area contributed by atoms with Gasteiger partial charge in [0.1, 0.15) is 5.56 Å². The third kappa shape index (κ3) is 5.47. The van der Waals surface area contributed by atoms with Crippen LogP contribution in [0.5, 0.6) is 0 Å². The third-order valence-corrected chi connectivity index (χ3v) is 6.81. The van der Waals surface area contributed by atoms with Crippen LogP contribution in [-0.2, 0) is 19.6 Å². The van der Waals surface area contributed by atoms with E-state index in [-0.39, 0.29) is 18.0 Å². The van der Waals surface area contributed by atoms with Gasteiger partial charge in [0.25, 0.3) is 0 Å². The van der Waals surface area contributed by atoms with Crippen molar-refractivity contribution >= 4 is 27.6 Å². The van der Waals surface area contributed by atoms with Crippen molar-refractivity contribution < 1.29 is 22.7 Å². The van der Waals surface area contributed by atoms with E-state index >= 15 is 0 Å². The fourth-order valence-corrected chi connectivity index (χ4v) is 4.27. The van der Waals surface area contributed by atoms with Crippen molar-refractivity contribution in [2.75, 3.05) is 25.5 Å². The van der Waals surface area contributed by atoms with Crippen molar-refractivity contribution in [2.45, 2.75) is 25.7 Å². The molecule has 2 aromatic carbocycles. The van der Waals surface area contributed by atoms with E-state index in [1.165, 1.54) is 25.4 Å². The van der Waals surface area contributed by atoms with Gasteiger partial charge in [-0.25, -0.2) is 17.9 Å². The largest absolute Gasteiger partial charge is 0.462 e. The van der Waals surface area contributed by atoms with E-state index in [0.717, 1.165) is 9.87 Å². The van der Waals surface area contributed by atoms with Crippen molar-refractivity contribution in [1.29, 1.82) is 0 Å². The highest BCUT2D eigenvalue weighted by Gasteiger charge is 2.23. The second-order valence-electron chi connectivity index (χ2n) is 7.45. The zero-order chi connectivity index (χ0) is 24.2. The number of esters is 1. The van der Waals surface area contributed by atoms with Gasteiger partial charge in [0.2, 0.25) is 15.9 Å². The topological polar surface area (TPSA) is 111 Å². The van der Waals surface area contributed by atoms with Gasteiger partial charge in [-0.3, -0.25) is 4.79 Å². The maximum atomic E-state index is 12.7. The smallest absolute Gasteiger partial charge is 0.341 e. The molecule has 33 heavy (non-hydrogen) atoms. The van der Waals surface area contributed by atoms with E-state index < -0.39 is 21.9 Å². The Balaban J connectivity index is 1.66. The molecule has 1 N–H and O–H groups in total. The SMILES string of the molecule is CCOC(=O)c1cnn(-c2ccc(NC(=O)CN(C)S(=O)(=O)c3ccc(C)cc3)cc2)c1C. The summed E-state index contributed by atoms with van der Waals surface area (Å²) in [5, 5.41) is 6.93. The van der Waals surface area contributed by atoms with Crippen molar-refractivity contribution in [3.8, 4) is 5.69 Å². The van der Waals surface area contributed by atoms with Crippen molar-refractivity contribution in [2.24, 2.45) is 0 Å². The minimum Gasteiger partial charge on any atom is -0.462 e. The van der Waals surface area contributed by atoms with Crippen LogP contribution in [0.4, 0.5) is 5.69 Å². The number of aromatic nitrogens is 2. The van der Waals surface area contributed by atoms with Gasteiger partial charge >= 0.3 is 5.97 Å². The lowest BCUT2D eigenvalue weighted by Crippen LogP contribution is -2.34. The van der Waals surface area contributed by atoms with Gasteiger partial charge in [0, 0.05) is 12.7 Å². The molecule has 1 amide bonds. The van der Waals surface area contributed by atoms with E-state index in [9.17, 15) is 18.0 Å². The molecule has 1 heterocycles. The fraction of sp³-hybridized carbons (Fsp3) is 0.261. The van der Waals surface area contributed by atoms with Crippen molar-refractivity contribution in [3.05, 3.63) is 71.5 Å². The molecule has 0 radical (unpaired) electrons. The van der Waals surface area contributed by atoms with Crippen molar-refractivity contribution in [1.82, 2.24) is 14.1 Å². The lowest BCUT2D eigenvalue weighted by molar-refractivity contribution is -0.116. The lowest BCUT2D eigenvalue weighted by Gasteiger charge is -2.17. The first kappa shape index (κ1) is 24.1. The summed E-state index contributed by atoms with van der Waals surface area (Å²) in [5.74, 6) is -0.907. The Kier molecular flexibility index (Phi) is 7.29. The van der Waals surface area contributed by atoms with Gasteiger partial charge in [-0.05, 0) is 57.2 Å². The molecule has 0 aliphatic carbocycles. The predicted molar refractivity (Wildman–Crippen MR) is 124 cm³/mol. The zero-order valence-electron chi connectivity index (χ0n) is 18.9. The van der Waals surface area contributed by atoms with E-state index in [1.54, 1.807) is 54.9 Å². The quantitative estimate of drug-likeness (QED) is 0.507. The first-order valence-corrected chi connectivity index (χ1v) is 11.7. The highest BCUT2D eigenvalue weighted by atomic mass is 32.2. The molecule has 3 aromatic rings. The highest BCUT2D eigenvalue weighted by molar-refractivity contribution is 7.89. The number of amides is 1. The molecule has 174 valence electrons. The molecule has 10 heteroatoms. The number of anilines is 1. The number of carbonyl (C=O) groups is 2. The molecule has 1 aromatic heterocycles. The van der Waals surface area contributed by atoms with Gasteiger partial charge in [0.05, 0.1) is 35.6 Å². The Morgan fingerprint density at radius 2 is 1.70 bits per heavy atom. The van der Waals surface area contributed by atoms with E-state index in [4.69, 9.17) is 4.74 Å². The molecular weight excluding hydrogens is 444 g/mol. The van der Waals surface area contributed by atoms with Crippen molar-refractivity contribution in [3.63, 3.8) is 0 Å². The van der Waals surface area contributed by atoms with Crippen LogP contribution in [0.3, 0.4) is 0 Å². The number of hydrogen-bond donors (Lipinski definition) is 1. The minimum atomic E-state index is -3.78. The van der Waals surface area contributed by atoms with Crippen LogP contribution in [-0.4, -0.2) is 54.6 Å². The van der Waals surface area contributed by atoms with Crippen LogP contribution in [0.2, 0.25) is 0 Å². The predicted octanol–water partition coefficient (Wildman–Crippen LogP) is 2.93. The summed E-state index contributed by atoms with van der Waals surface area (Å²) in [6.45, 7) is 5.31. The molecule has 0 atom stereocenters. The number of rotatable bonds is 8. The number of nitrogens with zero attached hydrogens (tertiary/aromatic N) is 3. The molecule has 0 aliphatic heterocycles. The lowest BCUT2D eigenvalue weighted by atomic mass is 10.2. The molecular formula is C23H26N4O5S. The van der Waals surface area contributed by atoms with Crippen LogP contribution in [0.25, 0.3) is 5.69 Å². The van der Waals surface area contributed by atoms with E-state index in [0.29, 0.717) is 22.6 Å². The third-order valence-electron chi connectivity index (χ3n) is 5.00. The Morgan fingerprint density at radius 1 is 1.06 bits per heavy atom. The van der Waals surface area contributed by atoms with Crippen LogP contribution in [0.15, 0.2) is 59.6 Å². The van der Waals surface area contributed by atoms with Gasteiger partial charge in [-0.15, -0.1) is 0 Å². The molecule has 9 nitrogen and oxygen atoms in total. The standard InChI is InChI=1S/C23H26N4O5S/c1-5-32-23(29)21-14-24-27(17(21)3)19-10-8-18(9-11-19)25-22(28)15-26(4)33(30,31)20-12-6-16(2)7-13-20/h6-14H,5,15H2,1-4H3,(H,25,28). The second kappa shape index (κ2) is 9.97. The summed E-state index contributed by atoms with van der Waals surface area (Å²) >= 11 is 0. The van der Waals surface area contributed by atoms with Crippen LogP contribution in [0, 0.1) is 13.8 Å². The number of hydrogen-bond acceptors (Lipinski definition) is 6. The van der Waals surface area contributed by atoms with Crippen LogP contribution in [0.1, 0.15) is 28.5 Å². The summed E-state index contributed by atoms with van der Waals surface area (Å²) in [6, 6.07) is 13.3. The number of nitrogens with one attached hydrogen (secondary N) is 1. The zero-order valence-corrected chi connectivity index (χ0v) is 19.7. The average Bonchev–Trinajstić information content (AvgIpc) is 3.16. The van der Waals surface area contributed by atoms with Gasteiger partial charge < -0.3 is 10.1 Å². The second-order valence-corrected chi connectivity index (χ2v) is 9.49. The first-order valence-electron chi connectivity index (χ1n) is 10.3. The minimum absolute atomic E-state index is 0.129. The number of ether oxygens (including phenoxy) is 1. The van der Waals surface area contributed by atoms with Crippen LogP contribution >= 0.6 is 0 Å². The highest BCUT2D eigenvalue weighted by Crippen LogP contribution is 2.18. The van der Waals surface area contributed by atoms with Gasteiger partial charge in [-0.2, -0.15) is 9.40 Å². The maximum absolute atomic E-state index is 12.7. The number of carbonyl (C=O) groups excluding carboxylic acids is 2. The molecule has 0 spiro atoms. The monoisotopic (exact) mass is 470 g/mol. The Bertz CT molecular complexity index is 1250. The fourth-order valence-electron chi connectivity index (χ4n) is 3.14. The number of likely N-dealkylation sites (N-methyl/N-ethyl adjacent to an activating group) is 1. The molecule has 0 bridgehead atoms. The number of sulfonamides is 1. The average molecular weight is 471 g/mol. The summed E-state index contributed by atoms with van der Waals surface area (Å²) < 4.78 is 32.9. The molecule has 0 saturated heterocycles. The molecule has 0 aliphatic rings. The Hall–Kier alpha value is -3.50. The molecule has 0 saturated carbocycles. The van der Waals surface area contributed by atoms with Gasteiger partial charge in [0.15, 0.2) is 0 Å². The number of benzene rings is 2. The summed E-state index contributed by atoms with van der Waals surface area (Å²) in [6.07, 6.45) is 1.45. The Morgan fingerprint density at radius 3 is 2.30 bits per heavy atom. The maximum Gasteiger partial charge on any atom is 0.341 e. The normalized spacial score (nSPS) is 11.4. The molecule has 0 fully saturated rings. The summed E-state index contributed by atoms with van der Waals surface area (Å²) in [7, 11) is -2.42. The summed E-state index contributed by atoms with van der Waals surface area (Å²) in [5.41, 5.74) is 3.15. The van der Waals surface area contributed by atoms with E-state index in [1.807, 2.05) is 6.92 Å². The summed E-state index contributed by atoms with van der Waals surface area (Å²) in [4.78, 5) is 24.5. The van der Waals surface area contributed by atoms with E-state index in [2.05, 4.69) is 10.4 Å². The van der Waals surface area contributed by atoms with Crippen LogP contribution < -0.4 is 5.32 Å². The van der Waals surface area contributed by atoms with Gasteiger partial charge in [-0.1, -0.05) is 17.7 Å². The molecule has 3 rings (SSSR count).